The molecule has 0 bridgehead atoms. The van der Waals surface area contributed by atoms with Crippen molar-refractivity contribution in [3.05, 3.63) is 51.6 Å². The number of aryl methyl sites for hydroxylation is 3. The van der Waals surface area contributed by atoms with Gasteiger partial charge in [0.2, 0.25) is 0 Å². The maximum Gasteiger partial charge on any atom is 0.292 e. The maximum atomic E-state index is 11.1. The van der Waals surface area contributed by atoms with Gasteiger partial charge in [0.1, 0.15) is 11.5 Å². The van der Waals surface area contributed by atoms with Gasteiger partial charge in [-0.05, 0) is 31.0 Å². The van der Waals surface area contributed by atoms with Crippen LogP contribution >= 0.6 is 0 Å². The van der Waals surface area contributed by atoms with Crippen molar-refractivity contribution in [2.75, 3.05) is 5.32 Å². The van der Waals surface area contributed by atoms with Crippen molar-refractivity contribution >= 4 is 11.4 Å². The molecule has 100 valence electrons. The molecule has 0 spiro atoms. The van der Waals surface area contributed by atoms with E-state index in [1.165, 1.54) is 0 Å². The third-order valence-corrected chi connectivity index (χ3v) is 3.17. The van der Waals surface area contributed by atoms with Crippen molar-refractivity contribution in [3.8, 4) is 0 Å². The van der Waals surface area contributed by atoms with E-state index in [9.17, 15) is 10.1 Å². The van der Waals surface area contributed by atoms with Gasteiger partial charge in [0.05, 0.1) is 11.5 Å². The Morgan fingerprint density at radius 3 is 2.63 bits per heavy atom. The average Bonchev–Trinajstić information content (AvgIpc) is 2.75. The van der Waals surface area contributed by atoms with E-state index >= 15 is 0 Å². The van der Waals surface area contributed by atoms with Gasteiger partial charge in [-0.2, -0.15) is 0 Å². The number of imidazole rings is 1. The Hall–Kier alpha value is -2.37. The van der Waals surface area contributed by atoms with Gasteiger partial charge in [-0.3, -0.25) is 10.1 Å². The Morgan fingerprint density at radius 2 is 2.05 bits per heavy atom. The highest BCUT2D eigenvalue weighted by Gasteiger charge is 2.15. The fraction of sp³-hybridized carbons (Fsp3) is 0.308. The minimum Gasteiger partial charge on any atom is -0.372 e. The number of hydrogen-bond acceptors (Lipinski definition) is 4. The summed E-state index contributed by atoms with van der Waals surface area (Å²) in [5.74, 6) is 0.826. The van der Waals surface area contributed by atoms with Crippen LogP contribution in [0.4, 0.5) is 11.4 Å². The van der Waals surface area contributed by atoms with E-state index in [2.05, 4.69) is 10.3 Å². The Morgan fingerprint density at radius 1 is 1.37 bits per heavy atom. The van der Waals surface area contributed by atoms with Crippen LogP contribution < -0.4 is 5.32 Å². The summed E-state index contributed by atoms with van der Waals surface area (Å²) in [7, 11) is 1.89. The topological polar surface area (TPSA) is 73.0 Å². The first-order valence-electron chi connectivity index (χ1n) is 5.94. The van der Waals surface area contributed by atoms with Gasteiger partial charge in [0, 0.05) is 25.5 Å². The van der Waals surface area contributed by atoms with E-state index in [4.69, 9.17) is 0 Å². The molecule has 0 saturated carbocycles. The summed E-state index contributed by atoms with van der Waals surface area (Å²) >= 11 is 0. The van der Waals surface area contributed by atoms with Crippen LogP contribution in [0.5, 0.6) is 0 Å². The van der Waals surface area contributed by atoms with E-state index in [1.807, 2.05) is 31.7 Å². The second-order valence-corrected chi connectivity index (χ2v) is 4.52. The zero-order valence-electron chi connectivity index (χ0n) is 11.2. The number of anilines is 1. The first-order chi connectivity index (χ1) is 8.99. The summed E-state index contributed by atoms with van der Waals surface area (Å²) in [5.41, 5.74) is 2.55. The number of nitro groups is 1. The number of nitrogens with zero attached hydrogens (tertiary/aromatic N) is 3. The lowest BCUT2D eigenvalue weighted by Crippen LogP contribution is -2.07. The first kappa shape index (κ1) is 13.1. The number of benzene rings is 1. The van der Waals surface area contributed by atoms with Gasteiger partial charge < -0.3 is 9.88 Å². The summed E-state index contributed by atoms with van der Waals surface area (Å²) in [5, 5.41) is 14.1. The van der Waals surface area contributed by atoms with E-state index in [0.717, 1.165) is 17.0 Å². The molecule has 0 amide bonds. The zero-order chi connectivity index (χ0) is 14.0. The zero-order valence-corrected chi connectivity index (χ0v) is 11.2. The van der Waals surface area contributed by atoms with Crippen LogP contribution in [0.2, 0.25) is 0 Å². The molecule has 2 aromatic rings. The Labute approximate surface area is 111 Å². The normalized spacial score (nSPS) is 10.5. The number of rotatable bonds is 4. The van der Waals surface area contributed by atoms with Gasteiger partial charge in [0.25, 0.3) is 5.69 Å². The highest BCUT2D eigenvalue weighted by Crippen LogP contribution is 2.28. The van der Waals surface area contributed by atoms with Crippen molar-refractivity contribution in [3.63, 3.8) is 0 Å². The third kappa shape index (κ3) is 2.73. The smallest absolute Gasteiger partial charge is 0.292 e. The lowest BCUT2D eigenvalue weighted by molar-refractivity contribution is -0.384. The van der Waals surface area contributed by atoms with Gasteiger partial charge in [-0.15, -0.1) is 0 Å². The molecule has 19 heavy (non-hydrogen) atoms. The molecule has 0 fully saturated rings. The van der Waals surface area contributed by atoms with Crippen LogP contribution in [0.25, 0.3) is 0 Å². The molecule has 0 aliphatic carbocycles. The summed E-state index contributed by atoms with van der Waals surface area (Å²) < 4.78 is 1.87. The number of aromatic nitrogens is 2. The predicted octanol–water partition coefficient (Wildman–Crippen LogP) is 2.56. The SMILES string of the molecule is Cc1cc(NCc2nccn2C)c([N+](=O)[O-])cc1C. The molecule has 0 aliphatic rings. The summed E-state index contributed by atoms with van der Waals surface area (Å²) in [6.45, 7) is 4.25. The Bertz CT molecular complexity index is 619. The molecule has 1 aromatic carbocycles. The first-order valence-corrected chi connectivity index (χ1v) is 5.94. The van der Waals surface area contributed by atoms with E-state index in [1.54, 1.807) is 18.3 Å². The van der Waals surface area contributed by atoms with Crippen molar-refractivity contribution in [2.24, 2.45) is 7.05 Å². The van der Waals surface area contributed by atoms with E-state index < -0.39 is 0 Å². The molecular formula is C13H16N4O2. The van der Waals surface area contributed by atoms with Crippen LogP contribution in [-0.4, -0.2) is 14.5 Å². The van der Waals surface area contributed by atoms with Crippen LogP contribution in [0.3, 0.4) is 0 Å². The largest absolute Gasteiger partial charge is 0.372 e. The summed E-state index contributed by atoms with van der Waals surface area (Å²) in [4.78, 5) is 14.9. The fourth-order valence-corrected chi connectivity index (χ4v) is 1.83. The molecule has 6 heteroatoms. The van der Waals surface area contributed by atoms with Gasteiger partial charge in [-0.25, -0.2) is 4.98 Å². The third-order valence-electron chi connectivity index (χ3n) is 3.17. The maximum absolute atomic E-state index is 11.1. The lowest BCUT2D eigenvalue weighted by Gasteiger charge is -2.09. The van der Waals surface area contributed by atoms with Crippen molar-refractivity contribution < 1.29 is 4.92 Å². The Balaban J connectivity index is 2.26. The van der Waals surface area contributed by atoms with Gasteiger partial charge in [-0.1, -0.05) is 0 Å². The van der Waals surface area contributed by atoms with Gasteiger partial charge in [0.15, 0.2) is 0 Å². The monoisotopic (exact) mass is 260 g/mol. The fourth-order valence-electron chi connectivity index (χ4n) is 1.83. The second kappa shape index (κ2) is 5.09. The number of nitrogens with one attached hydrogen (secondary N) is 1. The molecule has 1 aromatic heterocycles. The number of nitro benzene ring substituents is 1. The van der Waals surface area contributed by atoms with Crippen LogP contribution in [0, 0.1) is 24.0 Å². The molecule has 0 aliphatic heterocycles. The van der Waals surface area contributed by atoms with Crippen molar-refractivity contribution in [1.82, 2.24) is 9.55 Å². The molecule has 1 heterocycles. The van der Waals surface area contributed by atoms with Crippen molar-refractivity contribution in [2.45, 2.75) is 20.4 Å². The van der Waals surface area contributed by atoms with Crippen molar-refractivity contribution in [1.29, 1.82) is 0 Å². The molecule has 0 saturated heterocycles. The predicted molar refractivity (Wildman–Crippen MR) is 73.1 cm³/mol. The van der Waals surface area contributed by atoms with E-state index in [0.29, 0.717) is 12.2 Å². The van der Waals surface area contributed by atoms with Crippen LogP contribution in [0.15, 0.2) is 24.5 Å². The molecule has 0 atom stereocenters. The summed E-state index contributed by atoms with van der Waals surface area (Å²) in [6, 6.07) is 3.40. The minimum atomic E-state index is -0.368. The van der Waals surface area contributed by atoms with Gasteiger partial charge >= 0.3 is 0 Å². The Kier molecular flexibility index (Phi) is 3.50. The molecule has 0 unspecified atom stereocenters. The highest BCUT2D eigenvalue weighted by atomic mass is 16.6. The van der Waals surface area contributed by atoms with Crippen LogP contribution in [-0.2, 0) is 13.6 Å². The summed E-state index contributed by atoms with van der Waals surface area (Å²) in [6.07, 6.45) is 3.54. The van der Waals surface area contributed by atoms with E-state index in [-0.39, 0.29) is 10.6 Å². The quantitative estimate of drug-likeness (QED) is 0.677. The molecule has 0 radical (unpaired) electrons. The standard InChI is InChI=1S/C13H16N4O2/c1-9-6-11(12(17(18)19)7-10(9)2)15-8-13-14-4-5-16(13)3/h4-7,15H,8H2,1-3H3. The lowest BCUT2D eigenvalue weighted by atomic mass is 10.1. The second-order valence-electron chi connectivity index (χ2n) is 4.52. The molecule has 2 rings (SSSR count). The average molecular weight is 260 g/mol. The molecule has 6 nitrogen and oxygen atoms in total. The molecular weight excluding hydrogens is 244 g/mol. The molecule has 1 N–H and O–H groups in total. The van der Waals surface area contributed by atoms with Crippen LogP contribution in [0.1, 0.15) is 17.0 Å². The highest BCUT2D eigenvalue weighted by molar-refractivity contribution is 5.64. The minimum absolute atomic E-state index is 0.0947. The number of hydrogen-bond donors (Lipinski definition) is 1.